The molecular formula is C105H200N3O15+3. The van der Waals surface area contributed by atoms with Gasteiger partial charge in [-0.3, -0.25) is 14.4 Å². The molecule has 0 aliphatic heterocycles. The topological polar surface area (TPSA) is 218 Å². The van der Waals surface area contributed by atoms with E-state index >= 15 is 0 Å². The molecule has 18 nitrogen and oxygen atoms in total. The first-order valence-electron chi connectivity index (χ1n) is 51.9. The van der Waals surface area contributed by atoms with Gasteiger partial charge in [-0.25, -0.2) is 14.4 Å². The van der Waals surface area contributed by atoms with Crippen molar-refractivity contribution >= 4 is 35.8 Å². The van der Waals surface area contributed by atoms with Gasteiger partial charge in [0.1, 0.15) is 31.5 Å². The molecule has 0 amide bonds. The molecule has 3 N–H and O–H groups in total. The van der Waals surface area contributed by atoms with Gasteiger partial charge in [-0.05, 0) is 154 Å². The van der Waals surface area contributed by atoms with Crippen LogP contribution in [0.3, 0.4) is 0 Å². The van der Waals surface area contributed by atoms with Gasteiger partial charge in [0.05, 0.1) is 80.2 Å². The maximum absolute atomic E-state index is 13.3. The Morgan fingerprint density at radius 3 is 0.707 bits per heavy atom. The molecule has 123 heavy (non-hydrogen) atoms. The highest BCUT2D eigenvalue weighted by molar-refractivity contribution is 5.72. The summed E-state index contributed by atoms with van der Waals surface area (Å²) in [6.45, 7) is 16.5. The van der Waals surface area contributed by atoms with Crippen LogP contribution in [0, 0.1) is 0 Å². The van der Waals surface area contributed by atoms with Crippen LogP contribution in [-0.4, -0.2) is 202 Å². The number of esters is 6. The second kappa shape index (κ2) is 83.4. The van der Waals surface area contributed by atoms with Crippen molar-refractivity contribution in [2.24, 2.45) is 0 Å². The third-order valence-corrected chi connectivity index (χ3v) is 24.5. The van der Waals surface area contributed by atoms with Crippen molar-refractivity contribution in [3.05, 3.63) is 36.5 Å². The van der Waals surface area contributed by atoms with Gasteiger partial charge in [0, 0.05) is 19.3 Å². The summed E-state index contributed by atoms with van der Waals surface area (Å²) in [5.74, 6) is -1.93. The highest BCUT2D eigenvalue weighted by atomic mass is 16.6. The number of carbonyl (C=O) groups excluding carboxylic acids is 6. The fourth-order valence-corrected chi connectivity index (χ4v) is 16.3. The van der Waals surface area contributed by atoms with Gasteiger partial charge in [-0.2, -0.15) is 0 Å². The first kappa shape index (κ1) is 119. The maximum Gasteiger partial charge on any atom is 0.362 e. The minimum Gasteiger partial charge on any atom is -0.462 e. The second-order valence-electron chi connectivity index (χ2n) is 38.8. The number of aliphatic hydroxyl groups excluding tert-OH is 3. The Balaban J connectivity index is 5.38. The third kappa shape index (κ3) is 78.6. The summed E-state index contributed by atoms with van der Waals surface area (Å²) < 4.78 is 37.0. The van der Waals surface area contributed by atoms with E-state index in [-0.39, 0.29) is 50.4 Å². The van der Waals surface area contributed by atoms with Crippen LogP contribution in [0.5, 0.6) is 0 Å². The molecule has 0 aromatic heterocycles. The second-order valence-corrected chi connectivity index (χ2v) is 38.8. The molecule has 0 radical (unpaired) electrons. The average molecular weight is 1740 g/mol. The van der Waals surface area contributed by atoms with Gasteiger partial charge in [0.25, 0.3) is 0 Å². The molecule has 0 saturated carbocycles. The van der Waals surface area contributed by atoms with Gasteiger partial charge in [-0.1, -0.05) is 328 Å². The van der Waals surface area contributed by atoms with Crippen LogP contribution >= 0.6 is 0 Å². The summed E-state index contributed by atoms with van der Waals surface area (Å²) in [7, 11) is 12.6. The molecule has 0 aromatic rings. The average Bonchev–Trinajstić information content (AvgIpc) is 0.894. The summed E-state index contributed by atoms with van der Waals surface area (Å²) in [5, 5.41) is 33.8. The molecule has 0 saturated heterocycles. The van der Waals surface area contributed by atoms with E-state index in [2.05, 4.69) is 102 Å². The van der Waals surface area contributed by atoms with Crippen LogP contribution in [-0.2, 0) is 57.2 Å². The van der Waals surface area contributed by atoms with Crippen molar-refractivity contribution in [2.45, 2.75) is 508 Å². The lowest BCUT2D eigenvalue weighted by atomic mass is 10.0. The zero-order valence-electron chi connectivity index (χ0n) is 82.4. The molecular weight excluding hydrogens is 1540 g/mol. The maximum atomic E-state index is 13.3. The van der Waals surface area contributed by atoms with Crippen molar-refractivity contribution in [2.75, 3.05) is 94.8 Å². The van der Waals surface area contributed by atoms with E-state index in [0.29, 0.717) is 90.9 Å². The Morgan fingerprint density at radius 2 is 0.455 bits per heavy atom. The minimum absolute atomic E-state index is 0.189. The molecule has 0 spiro atoms. The number of hydrogen-bond acceptors (Lipinski definition) is 15. The number of likely N-dealkylation sites (N-methyl/N-ethyl adjacent to an activating group) is 3. The van der Waals surface area contributed by atoms with E-state index < -0.39 is 60.6 Å². The molecule has 0 heterocycles. The molecule has 722 valence electrons. The first-order valence-corrected chi connectivity index (χ1v) is 51.9. The SMILES string of the molecule is CCCCCCCCCCCC[N+](C)(C)CC(=O)OC(CCCCC)C(O)C/C=C/CCCCCCCC(=O)OCC(COC(=O)CCCCCCC/C=C/CC(O)C(CCCCC)OC(=O)C[N+](C)(C)CCCCCCCCCCCC)OC(=O)CCCCCCC/C=C/CC(O)C(CCCCC)OC(=O)C[N+](C)(C)CCCCCCCCCCCC. The smallest absolute Gasteiger partial charge is 0.362 e. The van der Waals surface area contributed by atoms with Crippen molar-refractivity contribution in [3.8, 4) is 0 Å². The predicted molar refractivity (Wildman–Crippen MR) is 511 cm³/mol. The van der Waals surface area contributed by atoms with Crippen LogP contribution < -0.4 is 0 Å². The summed E-state index contributed by atoms with van der Waals surface area (Å²) in [5.41, 5.74) is 0. The Bertz CT molecular complexity index is 2440. The number of quaternary nitrogens is 3. The van der Waals surface area contributed by atoms with Gasteiger partial charge >= 0.3 is 35.8 Å². The summed E-state index contributed by atoms with van der Waals surface area (Å²) in [6.07, 6.45) is 74.6. The van der Waals surface area contributed by atoms with Crippen molar-refractivity contribution in [3.63, 3.8) is 0 Å². The number of aliphatic hydroxyl groups is 3. The van der Waals surface area contributed by atoms with E-state index in [0.717, 1.165) is 193 Å². The van der Waals surface area contributed by atoms with Gasteiger partial charge in [0.15, 0.2) is 25.7 Å². The zero-order chi connectivity index (χ0) is 90.8. The van der Waals surface area contributed by atoms with E-state index in [1.807, 2.05) is 18.2 Å². The molecule has 0 rings (SSSR count). The van der Waals surface area contributed by atoms with Crippen molar-refractivity contribution in [1.29, 1.82) is 0 Å². The van der Waals surface area contributed by atoms with E-state index in [1.54, 1.807) is 0 Å². The largest absolute Gasteiger partial charge is 0.462 e. The molecule has 0 aromatic carbocycles. The van der Waals surface area contributed by atoms with Gasteiger partial charge < -0.3 is 57.2 Å². The minimum atomic E-state index is -0.932. The lowest BCUT2D eigenvalue weighted by Gasteiger charge is -2.30. The quantitative estimate of drug-likeness (QED) is 0.0170. The highest BCUT2D eigenvalue weighted by Crippen LogP contribution is 2.24. The Morgan fingerprint density at radius 1 is 0.244 bits per heavy atom. The van der Waals surface area contributed by atoms with Crippen LogP contribution in [0.15, 0.2) is 36.5 Å². The van der Waals surface area contributed by atoms with E-state index in [9.17, 15) is 44.1 Å². The van der Waals surface area contributed by atoms with Crippen LogP contribution in [0.1, 0.15) is 465 Å². The van der Waals surface area contributed by atoms with Gasteiger partial charge in [-0.15, -0.1) is 0 Å². The Hall–Kier alpha value is -4.20. The molecule has 0 bridgehead atoms. The van der Waals surface area contributed by atoms with E-state index in [1.165, 1.54) is 173 Å². The Kier molecular flexibility index (Phi) is 80.6. The number of carbonyl (C=O) groups is 6. The number of hydrogen-bond donors (Lipinski definition) is 3. The molecule has 6 atom stereocenters. The Labute approximate surface area is 757 Å². The highest BCUT2D eigenvalue weighted by Gasteiger charge is 2.31. The van der Waals surface area contributed by atoms with Crippen LogP contribution in [0.25, 0.3) is 0 Å². The van der Waals surface area contributed by atoms with Crippen LogP contribution in [0.2, 0.25) is 0 Å². The third-order valence-electron chi connectivity index (χ3n) is 24.5. The number of nitrogens with zero attached hydrogens (tertiary/aromatic N) is 3. The molecule has 0 aliphatic rings. The number of unbranched alkanes of at least 4 members (excludes halogenated alkanes) is 48. The monoisotopic (exact) mass is 1740 g/mol. The molecule has 0 fully saturated rings. The predicted octanol–water partition coefficient (Wildman–Crippen LogP) is 25.6. The molecule has 0 aliphatic carbocycles. The fourth-order valence-electron chi connectivity index (χ4n) is 16.3. The van der Waals surface area contributed by atoms with Crippen molar-refractivity contribution < 1.29 is 86.0 Å². The summed E-state index contributed by atoms with van der Waals surface area (Å²) >= 11 is 0. The molecule has 18 heteroatoms. The van der Waals surface area contributed by atoms with E-state index in [4.69, 9.17) is 28.4 Å². The number of rotatable bonds is 92. The number of ether oxygens (including phenoxy) is 6. The normalized spacial score (nSPS) is 14.0. The van der Waals surface area contributed by atoms with Crippen LogP contribution in [0.4, 0.5) is 0 Å². The summed E-state index contributed by atoms with van der Waals surface area (Å²) in [6, 6.07) is 0. The summed E-state index contributed by atoms with van der Waals surface area (Å²) in [4.78, 5) is 79.4. The first-order chi connectivity index (χ1) is 59.4. The lowest BCUT2D eigenvalue weighted by Crippen LogP contribution is -2.46. The standard InChI is InChI=1S/C105H200N3O15/c1-13-19-25-28-31-34-43-52-61-73-85-106(7,8)88-103(115)121-97(79-64-22-16-4)94(109)76-67-55-46-37-40-49-58-70-82-100(112)118-91-93(120-102(114)84-72-60-51-42-39-48-57-69-78-96(111)99(81-66-24-18-6)123-105(117)90-108(11,12)87-75-63-54-45-36-33-30-27-21-15-3)92-119-101(113)83-71-59-50-41-38-47-56-68-77-95(110)98(80-65-23-17-5)122-104(116)89-107(9,10)86-74-62-53-44-35-32-29-26-20-14-2/h55-57,67-69,93-99,109-111H,13-54,58-66,70-92H2,1-12H3/q+3/b67-55+,68-56+,69-57+. The van der Waals surface area contributed by atoms with Gasteiger partial charge in [0.2, 0.25) is 0 Å². The zero-order valence-corrected chi connectivity index (χ0v) is 82.4. The lowest BCUT2D eigenvalue weighted by molar-refractivity contribution is -0.883. The molecule has 6 unspecified atom stereocenters. The number of allylic oxidation sites excluding steroid dienone is 3. The fraction of sp³-hybridized carbons (Fsp3) is 0.886. The van der Waals surface area contributed by atoms with Crippen molar-refractivity contribution in [1.82, 2.24) is 0 Å².